The zero-order valence-electron chi connectivity index (χ0n) is 15.9. The quantitative estimate of drug-likeness (QED) is 0.517. The molecule has 0 radical (unpaired) electrons. The molecular weight excluding hydrogens is 372 g/mol. The van der Waals surface area contributed by atoms with Crippen molar-refractivity contribution in [1.82, 2.24) is 15.1 Å². The van der Waals surface area contributed by atoms with Gasteiger partial charge in [-0.15, -0.1) is 11.6 Å². The Morgan fingerprint density at radius 1 is 1.33 bits per heavy atom. The van der Waals surface area contributed by atoms with Crippen molar-refractivity contribution >= 4 is 35.1 Å². The molecule has 0 aromatic heterocycles. The van der Waals surface area contributed by atoms with E-state index in [1.165, 1.54) is 4.90 Å². The predicted octanol–water partition coefficient (Wildman–Crippen LogP) is -0.267. The van der Waals surface area contributed by atoms with Crippen molar-refractivity contribution in [2.24, 2.45) is 17.6 Å². The molecule has 8 nitrogen and oxygen atoms in total. The van der Waals surface area contributed by atoms with Gasteiger partial charge in [-0.2, -0.15) is 0 Å². The Hall–Kier alpha value is -1.67. The lowest BCUT2D eigenvalue weighted by molar-refractivity contribution is -0.140. The maximum atomic E-state index is 13.0. The number of amides is 3. The summed E-state index contributed by atoms with van der Waals surface area (Å²) in [5, 5.41) is 2.73. The van der Waals surface area contributed by atoms with Gasteiger partial charge in [0.15, 0.2) is 5.78 Å². The first-order chi connectivity index (χ1) is 12.7. The highest BCUT2D eigenvalue weighted by molar-refractivity contribution is 6.27. The summed E-state index contributed by atoms with van der Waals surface area (Å²) in [4.78, 5) is 52.3. The molecule has 0 aliphatic carbocycles. The Balaban J connectivity index is 2.12. The summed E-state index contributed by atoms with van der Waals surface area (Å²) in [5.41, 5.74) is 5.80. The first-order valence-electron chi connectivity index (χ1n) is 9.44. The number of likely N-dealkylation sites (tertiary alicyclic amines) is 1. The van der Waals surface area contributed by atoms with Crippen LogP contribution < -0.4 is 11.1 Å². The van der Waals surface area contributed by atoms with Crippen LogP contribution in [0, 0.1) is 11.8 Å². The molecule has 0 aromatic carbocycles. The Kier molecular flexibility index (Phi) is 7.61. The first kappa shape index (κ1) is 21.6. The number of halogens is 1. The predicted molar refractivity (Wildman–Crippen MR) is 101 cm³/mol. The van der Waals surface area contributed by atoms with Gasteiger partial charge >= 0.3 is 0 Å². The van der Waals surface area contributed by atoms with Gasteiger partial charge in [-0.25, -0.2) is 0 Å². The number of hydrogen-bond donors (Lipinski definition) is 2. The highest BCUT2D eigenvalue weighted by Gasteiger charge is 2.38. The molecule has 2 heterocycles. The second-order valence-corrected chi connectivity index (χ2v) is 7.99. The van der Waals surface area contributed by atoms with Crippen LogP contribution in [-0.2, 0) is 19.2 Å². The lowest BCUT2D eigenvalue weighted by Gasteiger charge is -2.31. The molecule has 2 aliphatic rings. The SMILES string of the molecule is CC(C)C[C@@H](C(=O)CN(C[C@@H]1CCNC1=O)C(=O)CCl)N1CC[C@H](N)C1=O. The minimum Gasteiger partial charge on any atom is -0.356 e. The van der Waals surface area contributed by atoms with Gasteiger partial charge in [0.2, 0.25) is 17.7 Å². The van der Waals surface area contributed by atoms with Crippen LogP contribution in [-0.4, -0.2) is 77.4 Å². The number of nitrogens with one attached hydrogen (secondary N) is 1. The maximum absolute atomic E-state index is 13.0. The molecule has 0 saturated carbocycles. The summed E-state index contributed by atoms with van der Waals surface area (Å²) < 4.78 is 0. The molecule has 2 aliphatic heterocycles. The van der Waals surface area contributed by atoms with E-state index in [0.29, 0.717) is 32.4 Å². The minimum absolute atomic E-state index is 0.116. The van der Waals surface area contributed by atoms with Crippen LogP contribution in [0.5, 0.6) is 0 Å². The van der Waals surface area contributed by atoms with E-state index >= 15 is 0 Å². The van der Waals surface area contributed by atoms with Gasteiger partial charge in [0.1, 0.15) is 5.88 Å². The maximum Gasteiger partial charge on any atom is 0.240 e. The average molecular weight is 401 g/mol. The largest absolute Gasteiger partial charge is 0.356 e. The Bertz CT molecular complexity index is 598. The Labute approximate surface area is 164 Å². The Morgan fingerprint density at radius 2 is 2.04 bits per heavy atom. The summed E-state index contributed by atoms with van der Waals surface area (Å²) in [6.07, 6.45) is 1.64. The fraction of sp³-hybridized carbons (Fsp3) is 0.778. The van der Waals surface area contributed by atoms with E-state index in [-0.39, 0.29) is 48.4 Å². The number of alkyl halides is 1. The zero-order chi connectivity index (χ0) is 20.1. The van der Waals surface area contributed by atoms with Gasteiger partial charge in [0.05, 0.1) is 24.5 Å². The highest BCUT2D eigenvalue weighted by Crippen LogP contribution is 2.20. The van der Waals surface area contributed by atoms with E-state index in [1.807, 2.05) is 13.8 Å². The van der Waals surface area contributed by atoms with Crippen LogP contribution in [0.15, 0.2) is 0 Å². The van der Waals surface area contributed by atoms with Gasteiger partial charge in [0.25, 0.3) is 0 Å². The summed E-state index contributed by atoms with van der Waals surface area (Å²) in [6, 6.07) is -1.19. The molecule has 2 fully saturated rings. The van der Waals surface area contributed by atoms with Crippen molar-refractivity contribution in [2.75, 3.05) is 32.1 Å². The second-order valence-electron chi connectivity index (χ2n) is 7.72. The van der Waals surface area contributed by atoms with Gasteiger partial charge in [-0.3, -0.25) is 19.2 Å². The van der Waals surface area contributed by atoms with Crippen LogP contribution in [0.3, 0.4) is 0 Å². The van der Waals surface area contributed by atoms with Crippen LogP contribution in [0.25, 0.3) is 0 Å². The topological polar surface area (TPSA) is 113 Å². The van der Waals surface area contributed by atoms with Gasteiger partial charge in [0, 0.05) is 19.6 Å². The average Bonchev–Trinajstić information content (AvgIpc) is 3.17. The van der Waals surface area contributed by atoms with Crippen LogP contribution in [0.4, 0.5) is 0 Å². The number of ketones is 1. The van der Waals surface area contributed by atoms with E-state index < -0.39 is 18.0 Å². The molecule has 3 atom stereocenters. The lowest BCUT2D eigenvalue weighted by atomic mass is 9.98. The second kappa shape index (κ2) is 9.50. The Morgan fingerprint density at radius 3 is 2.52 bits per heavy atom. The van der Waals surface area contributed by atoms with Gasteiger partial charge in [-0.05, 0) is 25.2 Å². The minimum atomic E-state index is -0.617. The fourth-order valence-corrected chi connectivity index (χ4v) is 3.80. The standard InChI is InChI=1S/C18H29ClN4O4/c1-11(2)7-14(23-6-4-13(20)18(23)27)15(24)10-22(16(25)8-19)9-12-3-5-21-17(12)26/h11-14H,3-10,20H2,1-2H3,(H,21,26)/t12-,13-,14-/m0/s1. The molecule has 9 heteroatoms. The monoisotopic (exact) mass is 400 g/mol. The number of carbonyl (C=O) groups excluding carboxylic acids is 4. The number of carbonyl (C=O) groups is 4. The van der Waals surface area contributed by atoms with Gasteiger partial charge < -0.3 is 20.9 Å². The molecule has 0 spiro atoms. The molecule has 0 aromatic rings. The third-order valence-electron chi connectivity index (χ3n) is 5.14. The molecule has 3 N–H and O–H groups in total. The number of nitrogens with zero attached hydrogens (tertiary/aromatic N) is 2. The van der Waals surface area contributed by atoms with Crippen LogP contribution >= 0.6 is 11.6 Å². The van der Waals surface area contributed by atoms with E-state index in [9.17, 15) is 19.2 Å². The molecule has 2 saturated heterocycles. The van der Waals surface area contributed by atoms with Crippen LogP contribution in [0.1, 0.15) is 33.1 Å². The highest BCUT2D eigenvalue weighted by atomic mass is 35.5. The third-order valence-corrected chi connectivity index (χ3v) is 5.37. The molecule has 3 amide bonds. The molecule has 0 bridgehead atoms. The summed E-state index contributed by atoms with van der Waals surface area (Å²) in [7, 11) is 0. The van der Waals surface area contributed by atoms with Crippen molar-refractivity contribution in [2.45, 2.75) is 45.2 Å². The third kappa shape index (κ3) is 5.42. The number of nitrogens with two attached hydrogens (primary N) is 1. The molecular formula is C18H29ClN4O4. The fourth-order valence-electron chi connectivity index (χ4n) is 3.63. The van der Waals surface area contributed by atoms with E-state index in [4.69, 9.17) is 17.3 Å². The molecule has 0 unspecified atom stereocenters. The van der Waals surface area contributed by atoms with Crippen molar-refractivity contribution in [3.05, 3.63) is 0 Å². The van der Waals surface area contributed by atoms with Crippen molar-refractivity contribution in [1.29, 1.82) is 0 Å². The molecule has 2 rings (SSSR count). The summed E-state index contributed by atoms with van der Waals surface area (Å²) in [6.45, 7) is 4.96. The lowest BCUT2D eigenvalue weighted by Crippen LogP contribution is -2.50. The van der Waals surface area contributed by atoms with E-state index in [1.54, 1.807) is 4.90 Å². The van der Waals surface area contributed by atoms with Crippen molar-refractivity contribution in [3.8, 4) is 0 Å². The number of hydrogen-bond acceptors (Lipinski definition) is 5. The number of Topliss-reactive ketones (excluding diaryl/α,β-unsaturated/α-hetero) is 1. The first-order valence-corrected chi connectivity index (χ1v) is 9.98. The van der Waals surface area contributed by atoms with Crippen molar-refractivity contribution in [3.63, 3.8) is 0 Å². The summed E-state index contributed by atoms with van der Waals surface area (Å²) >= 11 is 5.70. The van der Waals surface area contributed by atoms with Crippen LogP contribution in [0.2, 0.25) is 0 Å². The zero-order valence-corrected chi connectivity index (χ0v) is 16.7. The van der Waals surface area contributed by atoms with E-state index in [2.05, 4.69) is 5.32 Å². The van der Waals surface area contributed by atoms with E-state index in [0.717, 1.165) is 0 Å². The van der Waals surface area contributed by atoms with Crippen molar-refractivity contribution < 1.29 is 19.2 Å². The van der Waals surface area contributed by atoms with Gasteiger partial charge in [-0.1, -0.05) is 13.8 Å². The summed E-state index contributed by atoms with van der Waals surface area (Å²) in [5.74, 6) is -1.35. The smallest absolute Gasteiger partial charge is 0.240 e. The normalized spacial score (nSPS) is 23.7. The molecule has 27 heavy (non-hydrogen) atoms. The number of rotatable bonds is 9. The molecule has 152 valence electrons.